The number of piperidine rings is 1. The number of pyridine rings is 1. The third-order valence-corrected chi connectivity index (χ3v) is 5.95. The average Bonchev–Trinajstić information content (AvgIpc) is 3.32. The van der Waals surface area contributed by atoms with Crippen LogP contribution in [-0.2, 0) is 19.4 Å². The number of aromatic nitrogens is 5. The van der Waals surface area contributed by atoms with E-state index in [1.165, 1.54) is 17.7 Å². The van der Waals surface area contributed by atoms with Gasteiger partial charge in [0, 0.05) is 31.3 Å². The molecule has 1 fully saturated rings. The highest BCUT2D eigenvalue weighted by Gasteiger charge is 2.26. The van der Waals surface area contributed by atoms with Gasteiger partial charge in [0.15, 0.2) is 11.5 Å². The zero-order chi connectivity index (χ0) is 18.2. The standard InChI is InChI=1S/C20H24N6O/c27-19-6-1-2-9-25(19)13-12-24-10-7-15(8-11-24)20-22-21-18-14-16-4-3-5-17(16)23-26(18)20/h1-2,6,9,14-15H,3-5,7-8,10-13H2. The Bertz CT molecular complexity index is 1010. The summed E-state index contributed by atoms with van der Waals surface area (Å²) in [4.78, 5) is 14.3. The van der Waals surface area contributed by atoms with Crippen molar-refractivity contribution in [3.63, 3.8) is 0 Å². The second kappa shape index (κ2) is 6.88. The summed E-state index contributed by atoms with van der Waals surface area (Å²) in [7, 11) is 0. The maximum Gasteiger partial charge on any atom is 0.250 e. The quantitative estimate of drug-likeness (QED) is 0.704. The molecule has 1 aliphatic heterocycles. The van der Waals surface area contributed by atoms with Crippen LogP contribution < -0.4 is 5.56 Å². The van der Waals surface area contributed by atoms with E-state index in [2.05, 4.69) is 21.2 Å². The van der Waals surface area contributed by atoms with Crippen LogP contribution >= 0.6 is 0 Å². The molecule has 1 saturated heterocycles. The normalized spacial score (nSPS) is 18.2. The molecule has 5 rings (SSSR count). The maximum atomic E-state index is 11.8. The number of nitrogens with zero attached hydrogens (tertiary/aromatic N) is 6. The van der Waals surface area contributed by atoms with Crippen LogP contribution in [-0.4, -0.2) is 48.9 Å². The number of fused-ring (bicyclic) bond motifs is 2. The molecule has 7 nitrogen and oxygen atoms in total. The van der Waals surface area contributed by atoms with Gasteiger partial charge >= 0.3 is 0 Å². The summed E-state index contributed by atoms with van der Waals surface area (Å²) in [5, 5.41) is 13.7. The predicted octanol–water partition coefficient (Wildman–Crippen LogP) is 1.65. The van der Waals surface area contributed by atoms with E-state index in [1.54, 1.807) is 16.7 Å². The lowest BCUT2D eigenvalue weighted by Crippen LogP contribution is -2.37. The van der Waals surface area contributed by atoms with Crippen molar-refractivity contribution in [3.8, 4) is 0 Å². The maximum absolute atomic E-state index is 11.8. The van der Waals surface area contributed by atoms with Crippen molar-refractivity contribution in [3.05, 3.63) is 57.9 Å². The van der Waals surface area contributed by atoms with Gasteiger partial charge in [-0.2, -0.15) is 9.61 Å². The Kier molecular flexibility index (Phi) is 4.24. The van der Waals surface area contributed by atoms with E-state index >= 15 is 0 Å². The Morgan fingerprint density at radius 1 is 1.07 bits per heavy atom. The molecule has 0 radical (unpaired) electrons. The minimum atomic E-state index is 0.0703. The number of rotatable bonds is 4. The first-order valence-electron chi connectivity index (χ1n) is 9.90. The fourth-order valence-electron chi connectivity index (χ4n) is 4.36. The van der Waals surface area contributed by atoms with Gasteiger partial charge in [-0.05, 0) is 62.9 Å². The summed E-state index contributed by atoms with van der Waals surface area (Å²) >= 11 is 0. The lowest BCUT2D eigenvalue weighted by molar-refractivity contribution is 0.201. The fourth-order valence-corrected chi connectivity index (χ4v) is 4.36. The molecule has 0 saturated carbocycles. The van der Waals surface area contributed by atoms with Crippen molar-refractivity contribution in [1.29, 1.82) is 0 Å². The molecule has 0 N–H and O–H groups in total. The number of hydrogen-bond acceptors (Lipinski definition) is 5. The minimum Gasteiger partial charge on any atom is -0.314 e. The molecule has 0 atom stereocenters. The van der Waals surface area contributed by atoms with E-state index in [-0.39, 0.29) is 5.56 Å². The summed E-state index contributed by atoms with van der Waals surface area (Å²) in [6.07, 6.45) is 7.36. The van der Waals surface area contributed by atoms with E-state index in [4.69, 9.17) is 5.10 Å². The van der Waals surface area contributed by atoms with Crippen LogP contribution in [0, 0.1) is 0 Å². The van der Waals surface area contributed by atoms with Crippen molar-refractivity contribution in [1.82, 2.24) is 29.3 Å². The van der Waals surface area contributed by atoms with Crippen molar-refractivity contribution < 1.29 is 0 Å². The largest absolute Gasteiger partial charge is 0.314 e. The van der Waals surface area contributed by atoms with E-state index in [0.717, 1.165) is 63.3 Å². The summed E-state index contributed by atoms with van der Waals surface area (Å²) in [6, 6.07) is 7.48. The zero-order valence-corrected chi connectivity index (χ0v) is 15.4. The Hall–Kier alpha value is -2.54. The van der Waals surface area contributed by atoms with Crippen LogP contribution in [0.25, 0.3) is 5.65 Å². The SMILES string of the molecule is O=c1ccccn1CCN1CCC(c2nnc3cc4c(nn23)CCC4)CC1. The summed E-state index contributed by atoms with van der Waals surface area (Å²) in [6.45, 7) is 3.69. The van der Waals surface area contributed by atoms with E-state index in [9.17, 15) is 4.79 Å². The number of likely N-dealkylation sites (tertiary alicyclic amines) is 1. The van der Waals surface area contributed by atoms with Gasteiger partial charge < -0.3 is 9.47 Å². The molecule has 4 heterocycles. The summed E-state index contributed by atoms with van der Waals surface area (Å²) in [5.41, 5.74) is 3.51. The van der Waals surface area contributed by atoms with Gasteiger partial charge in [-0.3, -0.25) is 4.79 Å². The Labute approximate surface area is 157 Å². The topological polar surface area (TPSA) is 68.3 Å². The first-order chi connectivity index (χ1) is 13.3. The smallest absolute Gasteiger partial charge is 0.250 e. The van der Waals surface area contributed by atoms with Crippen LogP contribution in [0.2, 0.25) is 0 Å². The van der Waals surface area contributed by atoms with Crippen LogP contribution in [0.3, 0.4) is 0 Å². The molecule has 1 aliphatic carbocycles. The van der Waals surface area contributed by atoms with Crippen molar-refractivity contribution in [2.75, 3.05) is 19.6 Å². The minimum absolute atomic E-state index is 0.0703. The second-order valence-electron chi connectivity index (χ2n) is 7.65. The molecule has 27 heavy (non-hydrogen) atoms. The molecule has 0 amide bonds. The van der Waals surface area contributed by atoms with E-state index in [0.29, 0.717) is 5.92 Å². The van der Waals surface area contributed by atoms with Crippen molar-refractivity contribution in [2.24, 2.45) is 0 Å². The molecule has 0 aromatic carbocycles. The molecule has 0 spiro atoms. The third-order valence-electron chi connectivity index (χ3n) is 5.95. The lowest BCUT2D eigenvalue weighted by Gasteiger charge is -2.31. The molecule has 2 aliphatic rings. The monoisotopic (exact) mass is 364 g/mol. The number of hydrogen-bond donors (Lipinski definition) is 0. The van der Waals surface area contributed by atoms with Crippen LogP contribution in [0.1, 0.15) is 42.3 Å². The van der Waals surface area contributed by atoms with Crippen LogP contribution in [0.15, 0.2) is 35.3 Å². The van der Waals surface area contributed by atoms with Gasteiger partial charge in [0.05, 0.1) is 5.69 Å². The van der Waals surface area contributed by atoms with Crippen LogP contribution in [0.4, 0.5) is 0 Å². The van der Waals surface area contributed by atoms with Gasteiger partial charge in [-0.1, -0.05) is 6.07 Å². The summed E-state index contributed by atoms with van der Waals surface area (Å²) < 4.78 is 3.76. The first-order valence-corrected chi connectivity index (χ1v) is 9.90. The van der Waals surface area contributed by atoms with Crippen LogP contribution in [0.5, 0.6) is 0 Å². The molecule has 7 heteroatoms. The highest BCUT2D eigenvalue weighted by Crippen LogP contribution is 2.28. The van der Waals surface area contributed by atoms with Crippen molar-refractivity contribution in [2.45, 2.75) is 44.6 Å². The Balaban J connectivity index is 1.25. The molecule has 0 unspecified atom stereocenters. The average molecular weight is 364 g/mol. The van der Waals surface area contributed by atoms with E-state index < -0.39 is 0 Å². The number of aryl methyl sites for hydroxylation is 2. The molecule has 140 valence electrons. The van der Waals surface area contributed by atoms with Gasteiger partial charge in [0.1, 0.15) is 0 Å². The fraction of sp³-hybridized carbons (Fsp3) is 0.500. The molecular formula is C20H24N6O. The van der Waals surface area contributed by atoms with Gasteiger partial charge in [0.25, 0.3) is 5.56 Å². The van der Waals surface area contributed by atoms with Gasteiger partial charge in [-0.25, -0.2) is 0 Å². The highest BCUT2D eigenvalue weighted by atomic mass is 16.1. The first kappa shape index (κ1) is 16.6. The molecule has 3 aromatic rings. The second-order valence-corrected chi connectivity index (χ2v) is 7.65. The molecule has 3 aromatic heterocycles. The Morgan fingerprint density at radius 2 is 1.96 bits per heavy atom. The van der Waals surface area contributed by atoms with Gasteiger partial charge in [-0.15, -0.1) is 10.2 Å². The van der Waals surface area contributed by atoms with E-state index in [1.807, 2.05) is 16.8 Å². The van der Waals surface area contributed by atoms with Gasteiger partial charge in [0.2, 0.25) is 0 Å². The summed E-state index contributed by atoms with van der Waals surface area (Å²) in [5.74, 6) is 1.42. The Morgan fingerprint density at radius 3 is 2.81 bits per heavy atom. The predicted molar refractivity (Wildman–Crippen MR) is 102 cm³/mol. The lowest BCUT2D eigenvalue weighted by atomic mass is 9.96. The molecular weight excluding hydrogens is 340 g/mol. The third kappa shape index (κ3) is 3.16. The van der Waals surface area contributed by atoms with Crippen molar-refractivity contribution >= 4 is 5.65 Å². The highest BCUT2D eigenvalue weighted by molar-refractivity contribution is 5.43. The zero-order valence-electron chi connectivity index (χ0n) is 15.4. The molecule has 0 bridgehead atoms.